The van der Waals surface area contributed by atoms with Crippen molar-refractivity contribution in [3.8, 4) is 0 Å². The van der Waals surface area contributed by atoms with E-state index in [1.54, 1.807) is 36.5 Å². The molecule has 0 radical (unpaired) electrons. The van der Waals surface area contributed by atoms with E-state index in [0.29, 0.717) is 15.7 Å². The molecular weight excluding hydrogens is 287 g/mol. The van der Waals surface area contributed by atoms with Crippen LogP contribution in [0.1, 0.15) is 5.56 Å². The van der Waals surface area contributed by atoms with Gasteiger partial charge in [-0.1, -0.05) is 29.3 Å². The summed E-state index contributed by atoms with van der Waals surface area (Å²) in [7, 11) is 0. The highest BCUT2D eigenvalue weighted by Gasteiger charge is 2.03. The Morgan fingerprint density at radius 3 is 2.37 bits per heavy atom. The summed E-state index contributed by atoms with van der Waals surface area (Å²) in [5, 5.41) is 11.6. The van der Waals surface area contributed by atoms with Gasteiger partial charge in [0.25, 0.3) is 5.69 Å². The van der Waals surface area contributed by atoms with Crippen LogP contribution in [0.4, 0.5) is 11.4 Å². The molecule has 19 heavy (non-hydrogen) atoms. The lowest BCUT2D eigenvalue weighted by atomic mass is 10.2. The molecule has 0 fully saturated rings. The van der Waals surface area contributed by atoms with Gasteiger partial charge in [-0.15, -0.1) is 0 Å². The van der Waals surface area contributed by atoms with E-state index in [2.05, 4.69) is 4.99 Å². The van der Waals surface area contributed by atoms with E-state index in [1.807, 2.05) is 0 Å². The average Bonchev–Trinajstić information content (AvgIpc) is 2.38. The quantitative estimate of drug-likeness (QED) is 0.470. The van der Waals surface area contributed by atoms with E-state index >= 15 is 0 Å². The monoisotopic (exact) mass is 294 g/mol. The zero-order valence-corrected chi connectivity index (χ0v) is 11.1. The van der Waals surface area contributed by atoms with Gasteiger partial charge < -0.3 is 0 Å². The largest absolute Gasteiger partial charge is 0.269 e. The van der Waals surface area contributed by atoms with Crippen molar-refractivity contribution < 1.29 is 4.92 Å². The van der Waals surface area contributed by atoms with E-state index in [9.17, 15) is 10.1 Å². The minimum absolute atomic E-state index is 0.0310. The predicted molar refractivity (Wildman–Crippen MR) is 76.8 cm³/mol. The van der Waals surface area contributed by atoms with E-state index < -0.39 is 4.92 Å². The summed E-state index contributed by atoms with van der Waals surface area (Å²) in [5.74, 6) is 0. The molecular formula is C13H8Cl2N2O2. The molecule has 0 aromatic heterocycles. The summed E-state index contributed by atoms with van der Waals surface area (Å²) in [6.07, 6.45) is 1.58. The molecule has 2 aromatic rings. The van der Waals surface area contributed by atoms with Gasteiger partial charge in [0.15, 0.2) is 0 Å². The van der Waals surface area contributed by atoms with E-state index in [0.717, 1.165) is 5.56 Å². The summed E-state index contributed by atoms with van der Waals surface area (Å²) in [6.45, 7) is 0. The Hall–Kier alpha value is -1.91. The fourth-order valence-corrected chi connectivity index (χ4v) is 1.87. The molecule has 2 aromatic carbocycles. The van der Waals surface area contributed by atoms with Crippen molar-refractivity contribution in [2.24, 2.45) is 4.99 Å². The van der Waals surface area contributed by atoms with Crippen molar-refractivity contribution in [1.29, 1.82) is 0 Å². The van der Waals surface area contributed by atoms with Crippen LogP contribution in [0.15, 0.2) is 47.5 Å². The topological polar surface area (TPSA) is 55.5 Å². The van der Waals surface area contributed by atoms with Gasteiger partial charge in [0.2, 0.25) is 0 Å². The van der Waals surface area contributed by atoms with Crippen molar-refractivity contribution in [3.05, 3.63) is 68.2 Å². The second-order valence-electron chi connectivity index (χ2n) is 3.70. The Labute approximate surface area is 119 Å². The number of nitro groups is 1. The maximum Gasteiger partial charge on any atom is 0.269 e. The number of nitro benzene ring substituents is 1. The minimum atomic E-state index is -0.455. The summed E-state index contributed by atoms with van der Waals surface area (Å²) >= 11 is 11.8. The second-order valence-corrected chi connectivity index (χ2v) is 4.54. The SMILES string of the molecule is O=[N+]([O-])c1ccc(N=Cc2ccc(Cl)cc2Cl)cc1. The van der Waals surface area contributed by atoms with Gasteiger partial charge in [-0.3, -0.25) is 15.1 Å². The lowest BCUT2D eigenvalue weighted by molar-refractivity contribution is -0.384. The van der Waals surface area contributed by atoms with E-state index in [-0.39, 0.29) is 5.69 Å². The van der Waals surface area contributed by atoms with E-state index in [1.165, 1.54) is 12.1 Å². The van der Waals surface area contributed by atoms with Crippen LogP contribution >= 0.6 is 23.2 Å². The molecule has 0 amide bonds. The van der Waals surface area contributed by atoms with Crippen LogP contribution in [-0.4, -0.2) is 11.1 Å². The van der Waals surface area contributed by atoms with Crippen LogP contribution in [-0.2, 0) is 0 Å². The van der Waals surface area contributed by atoms with Gasteiger partial charge in [-0.05, 0) is 24.3 Å². The van der Waals surface area contributed by atoms with Crippen molar-refractivity contribution in [2.45, 2.75) is 0 Å². The fourth-order valence-electron chi connectivity index (χ4n) is 1.41. The van der Waals surface area contributed by atoms with Crippen LogP contribution in [0.2, 0.25) is 10.0 Å². The minimum Gasteiger partial charge on any atom is -0.258 e. The van der Waals surface area contributed by atoms with Gasteiger partial charge in [0, 0.05) is 28.9 Å². The number of nitrogens with zero attached hydrogens (tertiary/aromatic N) is 2. The van der Waals surface area contributed by atoms with Crippen molar-refractivity contribution >= 4 is 40.8 Å². The number of halogens is 2. The highest BCUT2D eigenvalue weighted by atomic mass is 35.5. The molecule has 2 rings (SSSR count). The predicted octanol–water partition coefficient (Wildman–Crippen LogP) is 4.65. The zero-order valence-electron chi connectivity index (χ0n) is 9.59. The molecule has 0 spiro atoms. The lowest BCUT2D eigenvalue weighted by Gasteiger charge is -1.98. The number of non-ortho nitro benzene ring substituents is 1. The van der Waals surface area contributed by atoms with Crippen molar-refractivity contribution in [1.82, 2.24) is 0 Å². The molecule has 0 atom stereocenters. The first kappa shape index (κ1) is 13.5. The highest BCUT2D eigenvalue weighted by Crippen LogP contribution is 2.21. The molecule has 0 saturated heterocycles. The molecule has 0 aliphatic heterocycles. The third kappa shape index (κ3) is 3.53. The average molecular weight is 295 g/mol. The van der Waals surface area contributed by atoms with Crippen LogP contribution in [0.3, 0.4) is 0 Å². The maximum absolute atomic E-state index is 10.5. The summed E-state index contributed by atoms with van der Waals surface area (Å²) < 4.78 is 0. The smallest absolute Gasteiger partial charge is 0.258 e. The van der Waals surface area contributed by atoms with Gasteiger partial charge >= 0.3 is 0 Å². The maximum atomic E-state index is 10.5. The molecule has 4 nitrogen and oxygen atoms in total. The van der Waals surface area contributed by atoms with Crippen molar-refractivity contribution in [3.63, 3.8) is 0 Å². The molecule has 0 bridgehead atoms. The number of hydrogen-bond acceptors (Lipinski definition) is 3. The Balaban J connectivity index is 2.20. The van der Waals surface area contributed by atoms with Crippen LogP contribution in [0.25, 0.3) is 0 Å². The van der Waals surface area contributed by atoms with Crippen LogP contribution in [0.5, 0.6) is 0 Å². The third-order valence-corrected chi connectivity index (χ3v) is 2.94. The van der Waals surface area contributed by atoms with Gasteiger partial charge in [0.05, 0.1) is 15.6 Å². The Bertz CT molecular complexity index is 640. The molecule has 0 N–H and O–H groups in total. The third-order valence-electron chi connectivity index (χ3n) is 2.38. The first-order valence-corrected chi connectivity index (χ1v) is 6.05. The molecule has 96 valence electrons. The standard InChI is InChI=1S/C13H8Cl2N2O2/c14-10-2-1-9(13(15)7-10)8-16-11-3-5-12(6-4-11)17(18)19/h1-8H. The summed E-state index contributed by atoms with van der Waals surface area (Å²) in [4.78, 5) is 14.2. The molecule has 0 heterocycles. The number of benzene rings is 2. The number of aliphatic imine (C=N–C) groups is 1. The Morgan fingerprint density at radius 2 is 1.79 bits per heavy atom. The van der Waals surface area contributed by atoms with Crippen LogP contribution < -0.4 is 0 Å². The lowest BCUT2D eigenvalue weighted by Crippen LogP contribution is -1.86. The van der Waals surface area contributed by atoms with Gasteiger partial charge in [-0.25, -0.2) is 0 Å². The van der Waals surface area contributed by atoms with Gasteiger partial charge in [-0.2, -0.15) is 0 Å². The molecule has 0 aliphatic rings. The van der Waals surface area contributed by atoms with Crippen molar-refractivity contribution in [2.75, 3.05) is 0 Å². The summed E-state index contributed by atoms with van der Waals surface area (Å²) in [5.41, 5.74) is 1.37. The zero-order chi connectivity index (χ0) is 13.8. The number of hydrogen-bond donors (Lipinski definition) is 0. The highest BCUT2D eigenvalue weighted by molar-refractivity contribution is 6.36. The first-order chi connectivity index (χ1) is 9.06. The Morgan fingerprint density at radius 1 is 1.11 bits per heavy atom. The Kier molecular flexibility index (Phi) is 4.14. The van der Waals surface area contributed by atoms with E-state index in [4.69, 9.17) is 23.2 Å². The molecule has 0 saturated carbocycles. The summed E-state index contributed by atoms with van der Waals surface area (Å²) in [6, 6.07) is 11.0. The molecule has 0 aliphatic carbocycles. The second kappa shape index (κ2) is 5.82. The number of rotatable bonds is 3. The fraction of sp³-hybridized carbons (Fsp3) is 0. The molecule has 0 unspecified atom stereocenters. The normalized spacial score (nSPS) is 10.8. The molecule has 6 heteroatoms. The van der Waals surface area contributed by atoms with Crippen LogP contribution in [0, 0.1) is 10.1 Å². The first-order valence-electron chi connectivity index (χ1n) is 5.30. The van der Waals surface area contributed by atoms with Gasteiger partial charge in [0.1, 0.15) is 0 Å².